The smallest absolute Gasteiger partial charge is 0.252 e. The number of thiophene rings is 1. The van der Waals surface area contributed by atoms with Crippen LogP contribution in [-0.4, -0.2) is 36.5 Å². The third kappa shape index (κ3) is 4.72. The molecule has 4 rings (SSSR count). The van der Waals surface area contributed by atoms with Crippen molar-refractivity contribution >= 4 is 50.5 Å². The summed E-state index contributed by atoms with van der Waals surface area (Å²) in [5.74, 6) is -1.34. The first-order valence-corrected chi connectivity index (χ1v) is 12.4. The first-order valence-electron chi connectivity index (χ1n) is 10.1. The highest BCUT2D eigenvalue weighted by atomic mass is 32.2. The largest absolute Gasteiger partial charge is 0.326 e. The van der Waals surface area contributed by atoms with Crippen molar-refractivity contribution in [1.82, 2.24) is 4.31 Å². The Kier molecular flexibility index (Phi) is 6.41. The van der Waals surface area contributed by atoms with Crippen molar-refractivity contribution in [2.75, 3.05) is 10.2 Å². The van der Waals surface area contributed by atoms with Crippen LogP contribution in [0.15, 0.2) is 77.0 Å². The lowest BCUT2D eigenvalue weighted by molar-refractivity contribution is -0.122. The summed E-state index contributed by atoms with van der Waals surface area (Å²) in [5.41, 5.74) is 0.836. The van der Waals surface area contributed by atoms with Crippen LogP contribution >= 0.6 is 11.3 Å². The maximum Gasteiger partial charge on any atom is 0.252 e. The fourth-order valence-electron chi connectivity index (χ4n) is 3.66. The van der Waals surface area contributed by atoms with Crippen molar-refractivity contribution in [2.24, 2.45) is 0 Å². The Morgan fingerprint density at radius 3 is 2.36 bits per heavy atom. The van der Waals surface area contributed by atoms with E-state index in [1.54, 1.807) is 54.6 Å². The van der Waals surface area contributed by atoms with Crippen molar-refractivity contribution in [3.8, 4) is 0 Å². The lowest BCUT2D eigenvalue weighted by Gasteiger charge is -2.26. The Bertz CT molecular complexity index is 1270. The highest BCUT2D eigenvalue weighted by Gasteiger charge is 2.47. The average Bonchev–Trinajstić information content (AvgIpc) is 3.40. The number of sulfonamides is 1. The maximum atomic E-state index is 13.5. The third-order valence-electron chi connectivity index (χ3n) is 5.16. The van der Waals surface area contributed by atoms with Gasteiger partial charge in [-0.1, -0.05) is 24.3 Å². The number of carbonyl (C=O) groups excluding carboxylic acids is 3. The van der Waals surface area contributed by atoms with E-state index in [2.05, 4.69) is 5.32 Å². The van der Waals surface area contributed by atoms with E-state index in [1.165, 1.54) is 30.4 Å². The molecule has 33 heavy (non-hydrogen) atoms. The second kappa shape index (κ2) is 9.26. The lowest BCUT2D eigenvalue weighted by atomic mass is 10.2. The fraction of sp³-hybridized carbons (Fsp3) is 0.174. The van der Waals surface area contributed by atoms with E-state index in [4.69, 9.17) is 0 Å². The van der Waals surface area contributed by atoms with Crippen molar-refractivity contribution in [2.45, 2.75) is 30.8 Å². The Morgan fingerprint density at radius 2 is 1.76 bits per heavy atom. The van der Waals surface area contributed by atoms with E-state index >= 15 is 0 Å². The van der Waals surface area contributed by atoms with Gasteiger partial charge in [-0.05, 0) is 47.8 Å². The van der Waals surface area contributed by atoms with E-state index in [0.717, 1.165) is 14.1 Å². The second-order valence-electron chi connectivity index (χ2n) is 7.46. The number of carbonyl (C=O) groups is 3. The second-order valence-corrected chi connectivity index (χ2v) is 10.4. The zero-order valence-electron chi connectivity index (χ0n) is 17.7. The summed E-state index contributed by atoms with van der Waals surface area (Å²) >= 11 is 1.38. The Morgan fingerprint density at radius 1 is 1.06 bits per heavy atom. The number of benzene rings is 2. The summed E-state index contributed by atoms with van der Waals surface area (Å²) in [7, 11) is -4.05. The zero-order valence-corrected chi connectivity index (χ0v) is 19.3. The fourth-order valence-corrected chi connectivity index (χ4v) is 6.02. The molecule has 0 spiro atoms. The maximum absolute atomic E-state index is 13.5. The zero-order chi connectivity index (χ0) is 23.6. The minimum atomic E-state index is -4.05. The normalized spacial score (nSPS) is 16.4. The summed E-state index contributed by atoms with van der Waals surface area (Å²) < 4.78 is 28.1. The third-order valence-corrected chi connectivity index (χ3v) is 7.89. The van der Waals surface area contributed by atoms with Gasteiger partial charge in [-0.2, -0.15) is 4.31 Å². The average molecular weight is 484 g/mol. The molecule has 0 aliphatic carbocycles. The van der Waals surface area contributed by atoms with Gasteiger partial charge in [0.1, 0.15) is 6.04 Å². The van der Waals surface area contributed by atoms with Crippen LogP contribution in [0.5, 0.6) is 0 Å². The van der Waals surface area contributed by atoms with Crippen molar-refractivity contribution < 1.29 is 22.8 Å². The Hall–Kier alpha value is -3.34. The van der Waals surface area contributed by atoms with Gasteiger partial charge in [-0.3, -0.25) is 14.4 Å². The predicted molar refractivity (Wildman–Crippen MR) is 125 cm³/mol. The first kappa shape index (κ1) is 22.8. The Balaban J connectivity index is 1.67. The van der Waals surface area contributed by atoms with E-state index in [1.807, 2.05) is 5.38 Å². The Labute approximate surface area is 195 Å². The van der Waals surface area contributed by atoms with Gasteiger partial charge in [0.15, 0.2) is 0 Å². The number of imide groups is 1. The number of hydrogen-bond acceptors (Lipinski definition) is 6. The summed E-state index contributed by atoms with van der Waals surface area (Å²) in [6, 6.07) is 16.5. The standard InChI is InChI=1S/C23H21N3O5S2/c1-16(27)24-17-9-11-18(12-10-17)26-22(28)14-21(23(26)29)25(15-19-6-5-13-32-19)33(30,31)20-7-3-2-4-8-20/h2-13,21H,14-15H2,1H3,(H,24,27). The molecule has 3 aromatic rings. The number of hydrogen-bond donors (Lipinski definition) is 1. The molecular formula is C23H21N3O5S2. The summed E-state index contributed by atoms with van der Waals surface area (Å²) in [6.07, 6.45) is -0.260. The molecule has 2 heterocycles. The quantitative estimate of drug-likeness (QED) is 0.520. The van der Waals surface area contributed by atoms with Crippen LogP contribution in [0.25, 0.3) is 0 Å². The van der Waals surface area contributed by atoms with Gasteiger partial charge in [0.2, 0.25) is 21.8 Å². The molecule has 0 saturated carbocycles. The minimum Gasteiger partial charge on any atom is -0.326 e. The number of rotatable bonds is 7. The van der Waals surface area contributed by atoms with E-state index < -0.39 is 27.9 Å². The number of amides is 3. The van der Waals surface area contributed by atoms with Crippen LogP contribution in [0, 0.1) is 0 Å². The van der Waals surface area contributed by atoms with Gasteiger partial charge in [0.05, 0.1) is 17.0 Å². The molecule has 1 aliphatic heterocycles. The molecule has 170 valence electrons. The topological polar surface area (TPSA) is 104 Å². The highest BCUT2D eigenvalue weighted by molar-refractivity contribution is 7.89. The van der Waals surface area contributed by atoms with Gasteiger partial charge in [0.25, 0.3) is 5.91 Å². The van der Waals surface area contributed by atoms with Crippen molar-refractivity contribution in [1.29, 1.82) is 0 Å². The summed E-state index contributed by atoms with van der Waals surface area (Å²) in [5, 5.41) is 4.45. The molecule has 1 atom stereocenters. The van der Waals surface area contributed by atoms with Crippen molar-refractivity contribution in [3.05, 3.63) is 77.0 Å². The first-order chi connectivity index (χ1) is 15.8. The molecule has 3 amide bonds. The molecule has 1 aliphatic rings. The molecule has 2 aromatic carbocycles. The van der Waals surface area contributed by atoms with Crippen LogP contribution in [0.4, 0.5) is 11.4 Å². The summed E-state index contributed by atoms with van der Waals surface area (Å²) in [6.45, 7) is 1.36. The van der Waals surface area contributed by atoms with Gasteiger partial charge >= 0.3 is 0 Å². The van der Waals surface area contributed by atoms with Crippen LogP contribution < -0.4 is 10.2 Å². The molecular weight excluding hydrogens is 462 g/mol. The van der Waals surface area contributed by atoms with Crippen LogP contribution in [0.3, 0.4) is 0 Å². The van der Waals surface area contributed by atoms with Gasteiger partial charge < -0.3 is 5.32 Å². The summed E-state index contributed by atoms with van der Waals surface area (Å²) in [4.78, 5) is 39.2. The predicted octanol–water partition coefficient (Wildman–Crippen LogP) is 3.23. The van der Waals surface area contributed by atoms with E-state index in [9.17, 15) is 22.8 Å². The van der Waals surface area contributed by atoms with Gasteiger partial charge in [-0.25, -0.2) is 13.3 Å². The number of nitrogens with one attached hydrogen (secondary N) is 1. The molecule has 0 bridgehead atoms. The van der Waals surface area contributed by atoms with Crippen LogP contribution in [-0.2, 0) is 31.0 Å². The monoisotopic (exact) mass is 483 g/mol. The van der Waals surface area contributed by atoms with E-state index in [0.29, 0.717) is 11.4 Å². The molecule has 1 aromatic heterocycles. The molecule has 0 radical (unpaired) electrons. The number of nitrogens with zero attached hydrogens (tertiary/aromatic N) is 2. The van der Waals surface area contributed by atoms with Gasteiger partial charge in [-0.15, -0.1) is 11.3 Å². The molecule has 1 fully saturated rings. The lowest BCUT2D eigenvalue weighted by Crippen LogP contribution is -2.44. The SMILES string of the molecule is CC(=O)Nc1ccc(N2C(=O)CC(N(Cc3cccs3)S(=O)(=O)c3ccccc3)C2=O)cc1. The molecule has 1 N–H and O–H groups in total. The highest BCUT2D eigenvalue weighted by Crippen LogP contribution is 2.31. The van der Waals surface area contributed by atoms with Crippen LogP contribution in [0.2, 0.25) is 0 Å². The van der Waals surface area contributed by atoms with Crippen molar-refractivity contribution in [3.63, 3.8) is 0 Å². The molecule has 1 unspecified atom stereocenters. The molecule has 8 nitrogen and oxygen atoms in total. The number of anilines is 2. The minimum absolute atomic E-state index is 0.0200. The molecule has 1 saturated heterocycles. The van der Waals surface area contributed by atoms with Crippen LogP contribution in [0.1, 0.15) is 18.2 Å². The molecule has 10 heteroatoms. The van der Waals surface area contributed by atoms with E-state index in [-0.39, 0.29) is 23.8 Å². The van der Waals surface area contributed by atoms with Gasteiger partial charge in [0, 0.05) is 24.0 Å².